The summed E-state index contributed by atoms with van der Waals surface area (Å²) < 4.78 is 51.7. The SMILES string of the molecule is COCCOC(=O)CC(C)(c1ccc(OP(Oc2ccc3ccccc3c2)Oc2ccc3ccccc3c2)c(C(C)(C)C)c1)c1ccc(OP(Oc2ccc3ccccc3c2)Oc2ccc3ccccc3c2)c(C(C)(C)C)c1. The fraction of sp³-hybridized carbons (Fsp3) is 0.209. The summed E-state index contributed by atoms with van der Waals surface area (Å²) in [5, 5.41) is 8.54. The first-order valence-corrected chi connectivity index (χ1v) is 28.3. The zero-order valence-electron chi connectivity index (χ0n) is 45.3. The van der Waals surface area contributed by atoms with Gasteiger partial charge in [0, 0.05) is 23.7 Å². The lowest BCUT2D eigenvalue weighted by Gasteiger charge is -2.34. The maximum absolute atomic E-state index is 14.1. The Kier molecular flexibility index (Phi) is 15.9. The Morgan fingerprint density at radius 1 is 0.372 bits per heavy atom. The molecular formula is C67H64O9P2. The van der Waals surface area contributed by atoms with Crippen LogP contribution < -0.4 is 27.1 Å². The van der Waals surface area contributed by atoms with E-state index in [1.54, 1.807) is 7.11 Å². The minimum atomic E-state index is -2.06. The Hall–Kier alpha value is -7.67. The summed E-state index contributed by atoms with van der Waals surface area (Å²) in [6.45, 7) is 15.4. The van der Waals surface area contributed by atoms with Gasteiger partial charge in [-0.05, 0) is 126 Å². The molecule has 0 saturated carbocycles. The average Bonchev–Trinajstić information content (AvgIpc) is 3.46. The number of carbonyl (C=O) groups is 1. The summed E-state index contributed by atoms with van der Waals surface area (Å²) in [5.41, 5.74) is 1.74. The predicted molar refractivity (Wildman–Crippen MR) is 318 cm³/mol. The molecule has 0 atom stereocenters. The van der Waals surface area contributed by atoms with Crippen LogP contribution in [0, 0.1) is 0 Å². The Bertz CT molecular complexity index is 3360. The van der Waals surface area contributed by atoms with E-state index in [-0.39, 0.29) is 25.6 Å². The van der Waals surface area contributed by atoms with Crippen molar-refractivity contribution in [2.75, 3.05) is 20.3 Å². The van der Waals surface area contributed by atoms with Crippen molar-refractivity contribution in [1.82, 2.24) is 0 Å². The van der Waals surface area contributed by atoms with Gasteiger partial charge < -0.3 is 36.6 Å². The molecule has 78 heavy (non-hydrogen) atoms. The van der Waals surface area contributed by atoms with Crippen molar-refractivity contribution in [1.29, 1.82) is 0 Å². The van der Waals surface area contributed by atoms with Crippen LogP contribution in [-0.2, 0) is 30.5 Å². The number of hydrogen-bond acceptors (Lipinski definition) is 9. The van der Waals surface area contributed by atoms with Gasteiger partial charge in [0.25, 0.3) is 0 Å². The second-order valence-electron chi connectivity index (χ2n) is 21.7. The number of hydrogen-bond donors (Lipinski definition) is 0. The van der Waals surface area contributed by atoms with Gasteiger partial charge in [0.05, 0.1) is 13.0 Å². The topological polar surface area (TPSA) is 90.9 Å². The molecular weight excluding hydrogens is 1010 g/mol. The summed E-state index contributed by atoms with van der Waals surface area (Å²) in [7, 11) is -2.54. The van der Waals surface area contributed by atoms with E-state index >= 15 is 0 Å². The van der Waals surface area contributed by atoms with Crippen molar-refractivity contribution < 1.29 is 41.4 Å². The highest BCUT2D eigenvalue weighted by Crippen LogP contribution is 2.50. The normalized spacial score (nSPS) is 12.1. The third kappa shape index (κ3) is 12.7. The van der Waals surface area contributed by atoms with Gasteiger partial charge in [0.2, 0.25) is 0 Å². The molecule has 10 rings (SSSR count). The molecule has 11 heteroatoms. The van der Waals surface area contributed by atoms with Gasteiger partial charge in [0.1, 0.15) is 41.1 Å². The van der Waals surface area contributed by atoms with Crippen molar-refractivity contribution in [3.8, 4) is 34.5 Å². The molecule has 0 bridgehead atoms. The van der Waals surface area contributed by atoms with Crippen LogP contribution in [-0.4, -0.2) is 26.3 Å². The van der Waals surface area contributed by atoms with E-state index in [0.29, 0.717) is 34.5 Å². The van der Waals surface area contributed by atoms with E-state index in [0.717, 1.165) is 65.3 Å². The monoisotopic (exact) mass is 1070 g/mol. The number of ether oxygens (including phenoxy) is 2. The highest BCUT2D eigenvalue weighted by Gasteiger charge is 2.37. The summed E-state index contributed by atoms with van der Waals surface area (Å²) in [6, 6.07) is 68.8. The number of esters is 1. The van der Waals surface area contributed by atoms with E-state index in [1.807, 2.05) is 146 Å². The van der Waals surface area contributed by atoms with Gasteiger partial charge in [0.15, 0.2) is 0 Å². The number of benzene rings is 10. The zero-order valence-corrected chi connectivity index (χ0v) is 47.1. The van der Waals surface area contributed by atoms with Gasteiger partial charge in [-0.2, -0.15) is 0 Å². The Labute approximate surface area is 460 Å². The lowest BCUT2D eigenvalue weighted by Crippen LogP contribution is -2.30. The zero-order chi connectivity index (χ0) is 54.4. The molecule has 0 aliphatic carbocycles. The van der Waals surface area contributed by atoms with Crippen molar-refractivity contribution in [2.24, 2.45) is 0 Å². The first-order valence-electron chi connectivity index (χ1n) is 26.2. The van der Waals surface area contributed by atoms with Crippen LogP contribution in [0.3, 0.4) is 0 Å². The molecule has 0 spiro atoms. The van der Waals surface area contributed by atoms with Gasteiger partial charge >= 0.3 is 23.2 Å². The highest BCUT2D eigenvalue weighted by atomic mass is 31.2. The van der Waals surface area contributed by atoms with E-state index in [9.17, 15) is 4.79 Å². The van der Waals surface area contributed by atoms with Gasteiger partial charge in [-0.3, -0.25) is 4.79 Å². The fourth-order valence-corrected chi connectivity index (χ4v) is 11.5. The lowest BCUT2D eigenvalue weighted by atomic mass is 9.70. The summed E-state index contributed by atoms with van der Waals surface area (Å²) >= 11 is 0. The van der Waals surface area contributed by atoms with Crippen LogP contribution in [0.25, 0.3) is 43.1 Å². The van der Waals surface area contributed by atoms with E-state index in [1.165, 1.54) is 0 Å². The quantitative estimate of drug-likeness (QED) is 0.0446. The molecule has 0 amide bonds. The summed E-state index contributed by atoms with van der Waals surface area (Å²) in [6.07, 6.45) is 0.0238. The number of fused-ring (bicyclic) bond motifs is 4. The van der Waals surface area contributed by atoms with E-state index in [4.69, 9.17) is 36.6 Å². The molecule has 396 valence electrons. The third-order valence-corrected chi connectivity index (χ3v) is 16.0. The maximum Gasteiger partial charge on any atom is 0.530 e. The number of methoxy groups -OCH3 is 1. The standard InChI is InChI=1S/C67H64O9P2/c1-65(2,3)60-43-54(29-35-62(60)75-77(71-56-31-25-46-17-9-13-21-50(46)39-56)72-57-32-26-47-18-10-14-22-51(47)40-57)67(7,45-64(68)70-38-37-69-8)55-30-36-63(61(44-55)66(4,5)6)76-78(73-58-33-27-48-19-11-15-23-52(48)41-58)74-59-34-28-49-20-12-16-24-53(49)42-59/h9-36,39-44H,37-38,45H2,1-8H3. The number of rotatable bonds is 19. The fourth-order valence-electron chi connectivity index (χ4n) is 9.54. The molecule has 0 fully saturated rings. The number of carbonyl (C=O) groups excluding carboxylic acids is 1. The molecule has 0 aliphatic heterocycles. The largest absolute Gasteiger partial charge is 0.530 e. The van der Waals surface area contributed by atoms with Crippen LogP contribution in [0.1, 0.15) is 77.1 Å². The van der Waals surface area contributed by atoms with Gasteiger partial charge in [-0.25, -0.2) is 0 Å². The second kappa shape index (κ2) is 23.1. The molecule has 0 aliphatic rings. The molecule has 0 saturated heterocycles. The van der Waals surface area contributed by atoms with Crippen LogP contribution in [0.15, 0.2) is 206 Å². The molecule has 0 radical (unpaired) electrons. The summed E-state index contributed by atoms with van der Waals surface area (Å²) in [5.74, 6) is 3.28. The molecule has 0 heterocycles. The first kappa shape index (κ1) is 53.7. The molecule has 0 unspecified atom stereocenters. The van der Waals surface area contributed by atoms with Crippen molar-refractivity contribution in [2.45, 2.75) is 71.1 Å². The van der Waals surface area contributed by atoms with Crippen LogP contribution in [0.2, 0.25) is 0 Å². The van der Waals surface area contributed by atoms with Crippen molar-refractivity contribution in [3.63, 3.8) is 0 Å². The first-order chi connectivity index (χ1) is 37.6. The molecule has 0 aromatic heterocycles. The third-order valence-electron chi connectivity index (χ3n) is 13.8. The predicted octanol–water partition coefficient (Wildman–Crippen LogP) is 18.3. The molecule has 10 aromatic rings. The lowest BCUT2D eigenvalue weighted by molar-refractivity contribution is -0.146. The Morgan fingerprint density at radius 2 is 0.692 bits per heavy atom. The van der Waals surface area contributed by atoms with Crippen molar-refractivity contribution >= 4 is 66.3 Å². The van der Waals surface area contributed by atoms with Crippen molar-refractivity contribution in [3.05, 3.63) is 229 Å². The summed E-state index contributed by atoms with van der Waals surface area (Å²) in [4.78, 5) is 14.1. The van der Waals surface area contributed by atoms with Gasteiger partial charge in [-0.1, -0.05) is 194 Å². The minimum absolute atomic E-state index is 0.0238. The van der Waals surface area contributed by atoms with E-state index in [2.05, 4.69) is 109 Å². The molecule has 10 aromatic carbocycles. The average molecular weight is 1080 g/mol. The highest BCUT2D eigenvalue weighted by molar-refractivity contribution is 7.43. The van der Waals surface area contributed by atoms with Crippen LogP contribution in [0.5, 0.6) is 34.5 Å². The van der Waals surface area contributed by atoms with Gasteiger partial charge in [-0.15, -0.1) is 0 Å². The molecule has 9 nitrogen and oxygen atoms in total. The van der Waals surface area contributed by atoms with E-state index < -0.39 is 33.4 Å². The Morgan fingerprint density at radius 3 is 1.00 bits per heavy atom. The Balaban J connectivity index is 1.02. The molecule has 0 N–H and O–H groups in total. The van der Waals surface area contributed by atoms with Crippen LogP contribution in [0.4, 0.5) is 0 Å². The minimum Gasteiger partial charge on any atom is -0.463 e. The second-order valence-corrected chi connectivity index (χ2v) is 23.7. The van der Waals surface area contributed by atoms with Crippen LogP contribution >= 0.6 is 17.2 Å². The smallest absolute Gasteiger partial charge is 0.463 e. The maximum atomic E-state index is 14.1.